The minimum Gasteiger partial charge on any atom is -0.307 e. The summed E-state index contributed by atoms with van der Waals surface area (Å²) in [6, 6.07) is 9.73. The Balaban J connectivity index is 2.03. The van der Waals surface area contributed by atoms with Crippen LogP contribution in [0.25, 0.3) is 0 Å². The standard InChI is InChI=1S/C15H23N/c1-11-7-5-6-8-14(11)12(2)16-13(3)15(4)9-10-15/h5-8,12-13,16H,9-10H2,1-4H3. The summed E-state index contributed by atoms with van der Waals surface area (Å²) in [4.78, 5) is 0. The average molecular weight is 217 g/mol. The maximum Gasteiger partial charge on any atom is 0.0297 e. The second-order valence-corrected chi connectivity index (χ2v) is 5.62. The largest absolute Gasteiger partial charge is 0.307 e. The third-order valence-corrected chi connectivity index (χ3v) is 4.24. The number of nitrogens with one attached hydrogen (secondary N) is 1. The average Bonchev–Trinajstić information content (AvgIpc) is 2.98. The van der Waals surface area contributed by atoms with E-state index in [0.717, 1.165) is 0 Å². The van der Waals surface area contributed by atoms with Crippen molar-refractivity contribution in [2.24, 2.45) is 5.41 Å². The van der Waals surface area contributed by atoms with Gasteiger partial charge in [-0.2, -0.15) is 0 Å². The van der Waals surface area contributed by atoms with Gasteiger partial charge in [0.05, 0.1) is 0 Å². The minimum absolute atomic E-state index is 0.452. The maximum absolute atomic E-state index is 3.74. The van der Waals surface area contributed by atoms with Gasteiger partial charge in [0.15, 0.2) is 0 Å². The summed E-state index contributed by atoms with van der Waals surface area (Å²) in [5, 5.41) is 3.74. The fourth-order valence-electron chi connectivity index (χ4n) is 2.37. The summed E-state index contributed by atoms with van der Waals surface area (Å²) in [5.41, 5.74) is 3.37. The van der Waals surface area contributed by atoms with Crippen LogP contribution in [0.4, 0.5) is 0 Å². The zero-order chi connectivity index (χ0) is 11.8. The molecule has 1 saturated carbocycles. The molecule has 0 amide bonds. The van der Waals surface area contributed by atoms with E-state index in [-0.39, 0.29) is 0 Å². The maximum atomic E-state index is 3.74. The van der Waals surface area contributed by atoms with Crippen LogP contribution >= 0.6 is 0 Å². The van der Waals surface area contributed by atoms with Crippen molar-refractivity contribution in [1.82, 2.24) is 5.32 Å². The molecule has 2 atom stereocenters. The van der Waals surface area contributed by atoms with Gasteiger partial charge in [-0.1, -0.05) is 31.2 Å². The molecule has 88 valence electrons. The lowest BCUT2D eigenvalue weighted by Gasteiger charge is -2.26. The molecule has 2 rings (SSSR count). The quantitative estimate of drug-likeness (QED) is 0.808. The Morgan fingerprint density at radius 3 is 2.38 bits per heavy atom. The molecular formula is C15H23N. The topological polar surface area (TPSA) is 12.0 Å². The molecule has 1 heteroatoms. The lowest BCUT2D eigenvalue weighted by atomic mass is 9.97. The highest BCUT2D eigenvalue weighted by Gasteiger charge is 2.42. The van der Waals surface area contributed by atoms with E-state index < -0.39 is 0 Å². The first-order chi connectivity index (χ1) is 7.53. The fraction of sp³-hybridized carbons (Fsp3) is 0.600. The van der Waals surface area contributed by atoms with Gasteiger partial charge < -0.3 is 5.32 Å². The molecule has 0 radical (unpaired) electrons. The van der Waals surface area contributed by atoms with Gasteiger partial charge in [0.2, 0.25) is 0 Å². The third kappa shape index (κ3) is 2.30. The second-order valence-electron chi connectivity index (χ2n) is 5.62. The van der Waals surface area contributed by atoms with Crippen molar-refractivity contribution >= 4 is 0 Å². The lowest BCUT2D eigenvalue weighted by Crippen LogP contribution is -2.35. The molecule has 0 spiro atoms. The van der Waals surface area contributed by atoms with E-state index in [1.807, 2.05) is 0 Å². The van der Waals surface area contributed by atoms with Crippen LogP contribution in [-0.2, 0) is 0 Å². The van der Waals surface area contributed by atoms with E-state index in [2.05, 4.69) is 57.3 Å². The molecule has 0 saturated heterocycles. The number of benzene rings is 1. The van der Waals surface area contributed by atoms with Crippen LogP contribution in [0, 0.1) is 12.3 Å². The smallest absolute Gasteiger partial charge is 0.0297 e. The van der Waals surface area contributed by atoms with Crippen LogP contribution < -0.4 is 5.32 Å². The Labute approximate surface area is 99.3 Å². The molecule has 1 nitrogen and oxygen atoms in total. The van der Waals surface area contributed by atoms with Crippen molar-refractivity contribution in [2.45, 2.75) is 52.6 Å². The van der Waals surface area contributed by atoms with Crippen molar-refractivity contribution in [1.29, 1.82) is 0 Å². The van der Waals surface area contributed by atoms with Gasteiger partial charge in [0.1, 0.15) is 0 Å². The Morgan fingerprint density at radius 1 is 1.19 bits per heavy atom. The van der Waals surface area contributed by atoms with E-state index in [1.165, 1.54) is 24.0 Å². The van der Waals surface area contributed by atoms with Crippen molar-refractivity contribution in [3.8, 4) is 0 Å². The molecule has 16 heavy (non-hydrogen) atoms. The van der Waals surface area contributed by atoms with Crippen LogP contribution in [-0.4, -0.2) is 6.04 Å². The fourth-order valence-corrected chi connectivity index (χ4v) is 2.37. The predicted molar refractivity (Wildman–Crippen MR) is 69.5 cm³/mol. The summed E-state index contributed by atoms with van der Waals surface area (Å²) < 4.78 is 0. The number of rotatable bonds is 4. The zero-order valence-electron chi connectivity index (χ0n) is 10.9. The van der Waals surface area contributed by atoms with Gasteiger partial charge in [-0.25, -0.2) is 0 Å². The molecule has 1 aliphatic rings. The zero-order valence-corrected chi connectivity index (χ0v) is 10.9. The lowest BCUT2D eigenvalue weighted by molar-refractivity contribution is 0.350. The van der Waals surface area contributed by atoms with E-state index in [9.17, 15) is 0 Å². The number of aryl methyl sites for hydroxylation is 1. The molecule has 1 aliphatic carbocycles. The van der Waals surface area contributed by atoms with Crippen LogP contribution in [0.15, 0.2) is 24.3 Å². The van der Waals surface area contributed by atoms with E-state index >= 15 is 0 Å². The summed E-state index contributed by atoms with van der Waals surface area (Å²) in [5.74, 6) is 0. The number of hydrogen-bond acceptors (Lipinski definition) is 1. The highest BCUT2D eigenvalue weighted by atomic mass is 15.0. The normalized spacial score (nSPS) is 21.5. The monoisotopic (exact) mass is 217 g/mol. The van der Waals surface area contributed by atoms with Gasteiger partial charge in [0.25, 0.3) is 0 Å². The summed E-state index contributed by atoms with van der Waals surface area (Å²) in [7, 11) is 0. The van der Waals surface area contributed by atoms with E-state index in [4.69, 9.17) is 0 Å². The molecular weight excluding hydrogens is 194 g/mol. The first-order valence-electron chi connectivity index (χ1n) is 6.34. The molecule has 0 aliphatic heterocycles. The Morgan fingerprint density at radius 2 is 1.81 bits per heavy atom. The van der Waals surface area contributed by atoms with E-state index in [1.54, 1.807) is 0 Å². The van der Waals surface area contributed by atoms with Gasteiger partial charge >= 0.3 is 0 Å². The SMILES string of the molecule is Cc1ccccc1C(C)NC(C)C1(C)CC1. The predicted octanol–water partition coefficient (Wildman–Crippen LogP) is 3.83. The molecule has 0 bridgehead atoms. The molecule has 0 heterocycles. The van der Waals surface area contributed by atoms with Crippen LogP contribution in [0.1, 0.15) is 50.8 Å². The van der Waals surface area contributed by atoms with Gasteiger partial charge in [-0.05, 0) is 50.2 Å². The van der Waals surface area contributed by atoms with E-state index in [0.29, 0.717) is 17.5 Å². The van der Waals surface area contributed by atoms with Crippen molar-refractivity contribution in [3.63, 3.8) is 0 Å². The van der Waals surface area contributed by atoms with Gasteiger partial charge in [0, 0.05) is 12.1 Å². The summed E-state index contributed by atoms with van der Waals surface area (Å²) in [6.07, 6.45) is 2.75. The van der Waals surface area contributed by atoms with Crippen LogP contribution in [0.3, 0.4) is 0 Å². The molecule has 1 aromatic rings. The second kappa shape index (κ2) is 4.21. The first-order valence-corrected chi connectivity index (χ1v) is 6.34. The third-order valence-electron chi connectivity index (χ3n) is 4.24. The molecule has 1 aromatic carbocycles. The minimum atomic E-state index is 0.452. The first kappa shape index (κ1) is 11.7. The molecule has 1 fully saturated rings. The van der Waals surface area contributed by atoms with Crippen LogP contribution in [0.2, 0.25) is 0 Å². The summed E-state index contributed by atoms with van der Waals surface area (Å²) in [6.45, 7) is 9.17. The summed E-state index contributed by atoms with van der Waals surface area (Å²) >= 11 is 0. The van der Waals surface area contributed by atoms with Crippen molar-refractivity contribution in [2.75, 3.05) is 0 Å². The molecule has 1 N–H and O–H groups in total. The Kier molecular flexibility index (Phi) is 3.07. The van der Waals surface area contributed by atoms with Gasteiger partial charge in [-0.3, -0.25) is 0 Å². The van der Waals surface area contributed by atoms with Gasteiger partial charge in [-0.15, -0.1) is 0 Å². The Bertz CT molecular complexity index is 365. The van der Waals surface area contributed by atoms with Crippen molar-refractivity contribution < 1.29 is 0 Å². The molecule has 0 aromatic heterocycles. The molecule has 2 unspecified atom stereocenters. The number of hydrogen-bond donors (Lipinski definition) is 1. The highest BCUT2D eigenvalue weighted by molar-refractivity contribution is 5.28. The Hall–Kier alpha value is -0.820. The van der Waals surface area contributed by atoms with Crippen molar-refractivity contribution in [3.05, 3.63) is 35.4 Å². The highest BCUT2D eigenvalue weighted by Crippen LogP contribution is 2.48. The van der Waals surface area contributed by atoms with Crippen LogP contribution in [0.5, 0.6) is 0 Å².